The first-order valence-corrected chi connectivity index (χ1v) is 7.55. The fourth-order valence-electron chi connectivity index (χ4n) is 2.57. The van der Waals surface area contributed by atoms with Crippen LogP contribution in [0, 0.1) is 0 Å². The molecular formula is C16H19N5O2. The average Bonchev–Trinajstić information content (AvgIpc) is 3.19. The van der Waals surface area contributed by atoms with E-state index in [4.69, 9.17) is 0 Å². The van der Waals surface area contributed by atoms with Crippen LogP contribution in [-0.4, -0.2) is 40.6 Å². The summed E-state index contributed by atoms with van der Waals surface area (Å²) in [5, 5.41) is 5.70. The number of nitrogens with one attached hydrogen (secondary N) is 2. The summed E-state index contributed by atoms with van der Waals surface area (Å²) in [6.07, 6.45) is 5.29. The molecule has 2 heterocycles. The van der Waals surface area contributed by atoms with Gasteiger partial charge in [-0.15, -0.1) is 0 Å². The maximum atomic E-state index is 12.3. The topological polar surface area (TPSA) is 79.3 Å². The fraction of sp³-hybridized carbons (Fsp3) is 0.312. The highest BCUT2D eigenvalue weighted by molar-refractivity contribution is 5.97. The van der Waals surface area contributed by atoms with E-state index in [2.05, 4.69) is 15.6 Å². The molecule has 7 heteroatoms. The van der Waals surface area contributed by atoms with Crippen molar-refractivity contribution in [2.45, 2.75) is 19.5 Å². The number of imidazole rings is 1. The molecule has 3 amide bonds. The minimum atomic E-state index is -0.130. The Kier molecular flexibility index (Phi) is 4.27. The molecule has 0 unspecified atom stereocenters. The second kappa shape index (κ2) is 6.51. The molecule has 23 heavy (non-hydrogen) atoms. The molecule has 0 aliphatic carbocycles. The third kappa shape index (κ3) is 3.50. The summed E-state index contributed by atoms with van der Waals surface area (Å²) in [6, 6.07) is 6.94. The van der Waals surface area contributed by atoms with Crippen LogP contribution in [0.2, 0.25) is 0 Å². The van der Waals surface area contributed by atoms with Crippen molar-refractivity contribution in [3.63, 3.8) is 0 Å². The Hall–Kier alpha value is -2.83. The number of anilines is 1. The number of rotatable bonds is 5. The maximum Gasteiger partial charge on any atom is 0.321 e. The molecule has 3 rings (SSSR count). The lowest BCUT2D eigenvalue weighted by molar-refractivity contribution is 0.0936. The van der Waals surface area contributed by atoms with Crippen LogP contribution in [-0.2, 0) is 6.54 Å². The molecule has 120 valence electrons. The number of urea groups is 1. The average molecular weight is 313 g/mol. The lowest BCUT2D eigenvalue weighted by Gasteiger charge is -2.16. The normalized spacial score (nSPS) is 15.3. The van der Waals surface area contributed by atoms with E-state index in [0.29, 0.717) is 25.2 Å². The second-order valence-electron chi connectivity index (χ2n) is 5.56. The van der Waals surface area contributed by atoms with Gasteiger partial charge in [0.05, 0.1) is 6.33 Å². The van der Waals surface area contributed by atoms with Crippen LogP contribution in [0.1, 0.15) is 17.3 Å². The number of aromatic nitrogens is 2. The summed E-state index contributed by atoms with van der Waals surface area (Å²) in [4.78, 5) is 29.5. The largest absolute Gasteiger partial charge is 0.348 e. The zero-order valence-electron chi connectivity index (χ0n) is 12.9. The molecule has 2 N–H and O–H groups in total. The molecule has 1 aromatic heterocycles. The van der Waals surface area contributed by atoms with Crippen molar-refractivity contribution in [1.29, 1.82) is 0 Å². The number of hydrogen-bond acceptors (Lipinski definition) is 3. The van der Waals surface area contributed by atoms with Gasteiger partial charge in [-0.3, -0.25) is 9.69 Å². The summed E-state index contributed by atoms with van der Waals surface area (Å²) < 4.78 is 1.92. The van der Waals surface area contributed by atoms with Gasteiger partial charge in [-0.2, -0.15) is 0 Å². The van der Waals surface area contributed by atoms with Crippen molar-refractivity contribution in [1.82, 2.24) is 20.2 Å². The summed E-state index contributed by atoms with van der Waals surface area (Å²) in [5.41, 5.74) is 1.37. The minimum absolute atomic E-state index is 0.0132. The number of hydrogen-bond donors (Lipinski definition) is 2. The number of carbonyl (C=O) groups is 2. The Balaban J connectivity index is 1.60. The Labute approximate surface area is 134 Å². The minimum Gasteiger partial charge on any atom is -0.348 e. The predicted molar refractivity (Wildman–Crippen MR) is 86.3 cm³/mol. The van der Waals surface area contributed by atoms with Crippen LogP contribution in [0.5, 0.6) is 0 Å². The van der Waals surface area contributed by atoms with Crippen molar-refractivity contribution in [3.8, 4) is 0 Å². The first kappa shape index (κ1) is 15.1. The van der Waals surface area contributed by atoms with E-state index in [1.807, 2.05) is 17.7 Å². The molecule has 7 nitrogen and oxygen atoms in total. The molecular weight excluding hydrogens is 294 g/mol. The van der Waals surface area contributed by atoms with Gasteiger partial charge in [-0.25, -0.2) is 9.78 Å². The van der Waals surface area contributed by atoms with E-state index in [1.165, 1.54) is 0 Å². The molecule has 0 bridgehead atoms. The monoisotopic (exact) mass is 313 g/mol. The highest BCUT2D eigenvalue weighted by atomic mass is 16.2. The molecule has 1 atom stereocenters. The molecule has 0 radical (unpaired) electrons. The summed E-state index contributed by atoms with van der Waals surface area (Å²) >= 11 is 0. The van der Waals surface area contributed by atoms with E-state index < -0.39 is 0 Å². The van der Waals surface area contributed by atoms with Gasteiger partial charge in [0.25, 0.3) is 5.91 Å². The standard InChI is InChI=1S/C16H19N5O2/c1-12(10-20-8-6-17-11-20)19-15(22)13-2-4-14(5-3-13)21-9-7-18-16(21)23/h2-6,8,11-12H,7,9-10H2,1H3,(H,18,23)(H,19,22)/t12-/m1/s1. The Bertz CT molecular complexity index is 681. The van der Waals surface area contributed by atoms with Crippen molar-refractivity contribution in [3.05, 3.63) is 48.5 Å². The fourth-order valence-corrected chi connectivity index (χ4v) is 2.57. The molecule has 0 saturated carbocycles. The highest BCUT2D eigenvalue weighted by Crippen LogP contribution is 2.17. The van der Waals surface area contributed by atoms with E-state index in [-0.39, 0.29) is 18.0 Å². The van der Waals surface area contributed by atoms with Gasteiger partial charge >= 0.3 is 6.03 Å². The van der Waals surface area contributed by atoms with Gasteiger partial charge in [-0.05, 0) is 31.2 Å². The van der Waals surface area contributed by atoms with Gasteiger partial charge in [0.1, 0.15) is 0 Å². The SMILES string of the molecule is C[C@H](Cn1ccnc1)NC(=O)c1ccc(N2CCNC2=O)cc1. The highest BCUT2D eigenvalue weighted by Gasteiger charge is 2.21. The van der Waals surface area contributed by atoms with Gasteiger partial charge in [0.15, 0.2) is 0 Å². The Morgan fingerprint density at radius 1 is 1.39 bits per heavy atom. The Morgan fingerprint density at radius 3 is 2.78 bits per heavy atom. The van der Waals surface area contributed by atoms with Crippen LogP contribution in [0.25, 0.3) is 0 Å². The summed E-state index contributed by atoms with van der Waals surface area (Å²) in [5.74, 6) is -0.130. The zero-order chi connectivity index (χ0) is 16.2. The van der Waals surface area contributed by atoms with Gasteiger partial charge in [0, 0.05) is 49.3 Å². The van der Waals surface area contributed by atoms with Crippen LogP contribution >= 0.6 is 0 Å². The second-order valence-corrected chi connectivity index (χ2v) is 5.56. The van der Waals surface area contributed by atoms with Crippen LogP contribution in [0.3, 0.4) is 0 Å². The van der Waals surface area contributed by atoms with Crippen LogP contribution in [0.4, 0.5) is 10.5 Å². The molecule has 1 aliphatic heterocycles. The van der Waals surface area contributed by atoms with Gasteiger partial charge < -0.3 is 15.2 Å². The van der Waals surface area contributed by atoms with Crippen LogP contribution in [0.15, 0.2) is 43.0 Å². The van der Waals surface area contributed by atoms with Crippen molar-refractivity contribution in [2.24, 2.45) is 0 Å². The first-order valence-electron chi connectivity index (χ1n) is 7.55. The quantitative estimate of drug-likeness (QED) is 0.871. The van der Waals surface area contributed by atoms with Gasteiger partial charge in [-0.1, -0.05) is 0 Å². The molecule has 1 aromatic carbocycles. The smallest absolute Gasteiger partial charge is 0.321 e. The van der Waals surface area contributed by atoms with Crippen LogP contribution < -0.4 is 15.5 Å². The molecule has 1 saturated heterocycles. The van der Waals surface area contributed by atoms with Crippen molar-refractivity contribution < 1.29 is 9.59 Å². The maximum absolute atomic E-state index is 12.3. The van der Waals surface area contributed by atoms with Crippen molar-refractivity contribution >= 4 is 17.6 Å². The lowest BCUT2D eigenvalue weighted by Crippen LogP contribution is -2.35. The predicted octanol–water partition coefficient (Wildman–Crippen LogP) is 1.23. The number of benzene rings is 1. The molecule has 1 aliphatic rings. The number of amides is 3. The number of carbonyl (C=O) groups excluding carboxylic acids is 2. The summed E-state index contributed by atoms with van der Waals surface area (Å²) in [6.45, 7) is 3.90. The Morgan fingerprint density at radius 2 is 2.17 bits per heavy atom. The van der Waals surface area contributed by atoms with E-state index in [0.717, 1.165) is 5.69 Å². The van der Waals surface area contributed by atoms with E-state index in [9.17, 15) is 9.59 Å². The lowest BCUT2D eigenvalue weighted by atomic mass is 10.1. The summed E-state index contributed by atoms with van der Waals surface area (Å²) in [7, 11) is 0. The third-order valence-corrected chi connectivity index (χ3v) is 3.72. The van der Waals surface area contributed by atoms with E-state index in [1.54, 1.807) is 41.7 Å². The van der Waals surface area contributed by atoms with E-state index >= 15 is 0 Å². The van der Waals surface area contributed by atoms with Gasteiger partial charge in [0.2, 0.25) is 0 Å². The number of nitrogens with zero attached hydrogens (tertiary/aromatic N) is 3. The molecule has 1 fully saturated rings. The first-order chi connectivity index (χ1) is 11.1. The van der Waals surface area contributed by atoms with Crippen molar-refractivity contribution in [2.75, 3.05) is 18.0 Å². The molecule has 0 spiro atoms. The molecule has 2 aromatic rings. The third-order valence-electron chi connectivity index (χ3n) is 3.72. The zero-order valence-corrected chi connectivity index (χ0v) is 12.9.